The number of hydrogen-bond donors (Lipinski definition) is 2. The molecule has 2 heterocycles. The van der Waals surface area contributed by atoms with Gasteiger partial charge in [-0.3, -0.25) is 10.1 Å². The fourth-order valence-corrected chi connectivity index (χ4v) is 2.95. The number of benzene rings is 1. The van der Waals surface area contributed by atoms with Gasteiger partial charge in [-0.15, -0.1) is 0 Å². The molecule has 132 valence electrons. The minimum Gasteiger partial charge on any atom is -0.381 e. The van der Waals surface area contributed by atoms with E-state index in [4.69, 9.17) is 4.74 Å². The van der Waals surface area contributed by atoms with Gasteiger partial charge in [0.05, 0.1) is 6.04 Å². The summed E-state index contributed by atoms with van der Waals surface area (Å²) < 4.78 is 6.63. The van der Waals surface area contributed by atoms with Crippen molar-refractivity contribution in [2.45, 2.75) is 18.9 Å². The van der Waals surface area contributed by atoms with Gasteiger partial charge in [0.2, 0.25) is 0 Å². The average molecular weight is 342 g/mol. The van der Waals surface area contributed by atoms with Crippen LogP contribution < -0.4 is 16.2 Å². The van der Waals surface area contributed by atoms with Gasteiger partial charge in [0.1, 0.15) is 0 Å². The van der Waals surface area contributed by atoms with Crippen molar-refractivity contribution in [1.82, 2.24) is 15.1 Å². The molecule has 25 heavy (non-hydrogen) atoms. The number of nitrogens with one attached hydrogen (secondary N) is 2. The fraction of sp³-hybridized carbons (Fsp3) is 0.389. The molecule has 1 aromatic heterocycles. The number of hydrogen-bond acceptors (Lipinski definition) is 4. The van der Waals surface area contributed by atoms with Crippen LogP contribution in [0.1, 0.15) is 24.4 Å². The molecule has 1 aromatic carbocycles. The number of amides is 2. The molecule has 3 rings (SSSR count). The van der Waals surface area contributed by atoms with E-state index in [1.54, 1.807) is 0 Å². The first-order chi connectivity index (χ1) is 12.1. The average Bonchev–Trinajstić information content (AvgIpc) is 3.11. The van der Waals surface area contributed by atoms with Crippen LogP contribution in [-0.4, -0.2) is 29.0 Å². The first kappa shape index (κ1) is 17.2. The monoisotopic (exact) mass is 342 g/mol. The van der Waals surface area contributed by atoms with Crippen LogP contribution >= 0.6 is 0 Å². The molecule has 0 aliphatic carbocycles. The Morgan fingerprint density at radius 3 is 2.80 bits per heavy atom. The highest BCUT2D eigenvalue weighted by Gasteiger charge is 2.23. The van der Waals surface area contributed by atoms with Crippen LogP contribution in [0, 0.1) is 5.92 Å². The Balaban J connectivity index is 1.68. The summed E-state index contributed by atoms with van der Waals surface area (Å²) >= 11 is 0. The Bertz CT molecular complexity index is 769. The molecule has 2 aromatic rings. The maximum Gasteiger partial charge on any atom is 0.320 e. The highest BCUT2D eigenvalue weighted by molar-refractivity contribution is 5.88. The number of ether oxygens (including phenoxy) is 1. The Morgan fingerprint density at radius 2 is 2.12 bits per heavy atom. The van der Waals surface area contributed by atoms with Gasteiger partial charge in [-0.25, -0.2) is 9.48 Å². The highest BCUT2D eigenvalue weighted by Crippen LogP contribution is 2.26. The third-order valence-corrected chi connectivity index (χ3v) is 4.30. The van der Waals surface area contributed by atoms with E-state index in [1.165, 1.54) is 23.9 Å². The predicted molar refractivity (Wildman–Crippen MR) is 94.4 cm³/mol. The number of aryl methyl sites for hydroxylation is 1. The third kappa shape index (κ3) is 4.67. The lowest BCUT2D eigenvalue weighted by Gasteiger charge is -2.22. The molecular weight excluding hydrogens is 320 g/mol. The summed E-state index contributed by atoms with van der Waals surface area (Å²) in [6.45, 7) is 1.51. The van der Waals surface area contributed by atoms with E-state index in [2.05, 4.69) is 15.7 Å². The largest absolute Gasteiger partial charge is 0.381 e. The van der Waals surface area contributed by atoms with Gasteiger partial charge in [-0.1, -0.05) is 30.3 Å². The molecule has 1 aliphatic rings. The lowest BCUT2D eigenvalue weighted by Crippen LogP contribution is -2.34. The topological polar surface area (TPSA) is 85.2 Å². The maximum absolute atomic E-state index is 12.4. The third-order valence-electron chi connectivity index (χ3n) is 4.30. The summed E-state index contributed by atoms with van der Waals surface area (Å²) in [6.07, 6.45) is 1.83. The van der Waals surface area contributed by atoms with E-state index < -0.39 is 0 Å². The second-order valence-electron chi connectivity index (χ2n) is 6.21. The summed E-state index contributed by atoms with van der Waals surface area (Å²) in [5.74, 6) is 0.761. The molecule has 2 atom stereocenters. The zero-order valence-electron chi connectivity index (χ0n) is 14.1. The smallest absolute Gasteiger partial charge is 0.320 e. The van der Waals surface area contributed by atoms with Gasteiger partial charge in [-0.05, 0) is 30.4 Å². The van der Waals surface area contributed by atoms with E-state index in [0.29, 0.717) is 11.7 Å². The molecule has 1 saturated heterocycles. The number of carbonyl (C=O) groups is 1. The SMILES string of the molecule is Cn1nc(NC(=O)NC(CC2CCOC2)c2ccccc2)ccc1=O. The Kier molecular flexibility index (Phi) is 5.45. The number of rotatable bonds is 5. The zero-order valence-corrected chi connectivity index (χ0v) is 14.1. The number of carbonyl (C=O) groups excluding carboxylic acids is 1. The van der Waals surface area contributed by atoms with E-state index in [9.17, 15) is 9.59 Å². The molecule has 7 nitrogen and oxygen atoms in total. The summed E-state index contributed by atoms with van der Waals surface area (Å²) in [7, 11) is 1.54. The van der Waals surface area contributed by atoms with E-state index in [-0.39, 0.29) is 17.6 Å². The Labute approximate surface area is 146 Å². The lowest BCUT2D eigenvalue weighted by molar-refractivity contribution is 0.181. The lowest BCUT2D eigenvalue weighted by atomic mass is 9.94. The van der Waals surface area contributed by atoms with Crippen molar-refractivity contribution in [3.05, 3.63) is 58.4 Å². The van der Waals surface area contributed by atoms with Crippen molar-refractivity contribution in [2.75, 3.05) is 18.5 Å². The summed E-state index contributed by atoms with van der Waals surface area (Å²) in [6, 6.07) is 12.3. The Morgan fingerprint density at radius 1 is 1.32 bits per heavy atom. The van der Waals surface area contributed by atoms with Crippen molar-refractivity contribution in [3.8, 4) is 0 Å². The highest BCUT2D eigenvalue weighted by atomic mass is 16.5. The van der Waals surface area contributed by atoms with Crippen molar-refractivity contribution in [3.63, 3.8) is 0 Å². The van der Waals surface area contributed by atoms with Crippen LogP contribution in [0.4, 0.5) is 10.6 Å². The van der Waals surface area contributed by atoms with Crippen molar-refractivity contribution >= 4 is 11.8 Å². The standard InChI is InChI=1S/C18H22N4O3/c1-22-17(23)8-7-16(21-22)20-18(24)19-15(11-13-9-10-25-12-13)14-5-3-2-4-6-14/h2-8,13,15H,9-12H2,1H3,(H2,19,20,21,24). The van der Waals surface area contributed by atoms with Gasteiger partial charge >= 0.3 is 6.03 Å². The minimum absolute atomic E-state index is 0.111. The van der Waals surface area contributed by atoms with Crippen molar-refractivity contribution in [1.29, 1.82) is 0 Å². The van der Waals surface area contributed by atoms with Crippen LogP contribution in [0.15, 0.2) is 47.3 Å². The molecule has 0 radical (unpaired) electrons. The molecule has 1 aliphatic heterocycles. The maximum atomic E-state index is 12.4. The van der Waals surface area contributed by atoms with E-state index in [0.717, 1.165) is 31.6 Å². The molecule has 1 fully saturated rings. The Hall–Kier alpha value is -2.67. The number of aromatic nitrogens is 2. The van der Waals surface area contributed by atoms with Gasteiger partial charge in [0, 0.05) is 26.3 Å². The molecule has 2 N–H and O–H groups in total. The summed E-state index contributed by atoms with van der Waals surface area (Å²) in [4.78, 5) is 23.8. The van der Waals surface area contributed by atoms with Gasteiger partial charge in [0.25, 0.3) is 5.56 Å². The van der Waals surface area contributed by atoms with Gasteiger partial charge in [0.15, 0.2) is 5.82 Å². The van der Waals surface area contributed by atoms with Crippen molar-refractivity contribution in [2.24, 2.45) is 13.0 Å². The quantitative estimate of drug-likeness (QED) is 0.871. The van der Waals surface area contributed by atoms with E-state index in [1.807, 2.05) is 30.3 Å². The number of nitrogens with zero attached hydrogens (tertiary/aromatic N) is 2. The molecule has 7 heteroatoms. The molecule has 2 amide bonds. The molecular formula is C18H22N4O3. The summed E-state index contributed by atoms with van der Waals surface area (Å²) in [5, 5.41) is 9.70. The first-order valence-electron chi connectivity index (χ1n) is 8.36. The predicted octanol–water partition coefficient (Wildman–Crippen LogP) is 2.07. The van der Waals surface area contributed by atoms with Gasteiger partial charge < -0.3 is 10.1 Å². The molecule has 0 bridgehead atoms. The normalized spacial score (nSPS) is 17.9. The number of urea groups is 1. The zero-order chi connectivity index (χ0) is 17.6. The molecule has 0 saturated carbocycles. The second kappa shape index (κ2) is 7.94. The number of anilines is 1. The van der Waals surface area contributed by atoms with Crippen LogP contribution in [0.2, 0.25) is 0 Å². The molecule has 0 spiro atoms. The van der Waals surface area contributed by atoms with Gasteiger partial charge in [-0.2, -0.15) is 5.10 Å². The second-order valence-corrected chi connectivity index (χ2v) is 6.21. The minimum atomic E-state index is -0.348. The van der Waals surface area contributed by atoms with Crippen LogP contribution in [0.25, 0.3) is 0 Å². The van der Waals surface area contributed by atoms with E-state index >= 15 is 0 Å². The van der Waals surface area contributed by atoms with Crippen molar-refractivity contribution < 1.29 is 9.53 Å². The van der Waals surface area contributed by atoms with Crippen LogP contribution in [0.5, 0.6) is 0 Å². The van der Waals surface area contributed by atoms with Crippen LogP contribution in [-0.2, 0) is 11.8 Å². The summed E-state index contributed by atoms with van der Waals surface area (Å²) in [5.41, 5.74) is 0.826. The fourth-order valence-electron chi connectivity index (χ4n) is 2.95. The van der Waals surface area contributed by atoms with Crippen LogP contribution in [0.3, 0.4) is 0 Å². The molecule has 2 unspecified atom stereocenters. The first-order valence-corrected chi connectivity index (χ1v) is 8.36.